The molecule has 1 N–H and O–H groups in total. The van der Waals surface area contributed by atoms with E-state index >= 15 is 0 Å². The highest BCUT2D eigenvalue weighted by Crippen LogP contribution is 2.33. The van der Waals surface area contributed by atoms with Crippen molar-refractivity contribution < 1.29 is 14.6 Å². The number of rotatable bonds is 11. The molecule has 1 aliphatic rings. The summed E-state index contributed by atoms with van der Waals surface area (Å²) in [5.74, 6) is 0.575. The quantitative estimate of drug-likeness (QED) is 0.368. The Bertz CT molecular complexity index is 1020. The summed E-state index contributed by atoms with van der Waals surface area (Å²) in [6, 6.07) is 9.55. The second-order valence-electron chi connectivity index (χ2n) is 9.09. The molecule has 7 heteroatoms. The number of hydrogen-bond donors (Lipinski definition) is 1. The summed E-state index contributed by atoms with van der Waals surface area (Å²) >= 11 is 3.41. The summed E-state index contributed by atoms with van der Waals surface area (Å²) < 4.78 is 7.89. The Labute approximate surface area is 218 Å². The van der Waals surface area contributed by atoms with Gasteiger partial charge >= 0.3 is 0 Å². The fourth-order valence-electron chi connectivity index (χ4n) is 3.99. The van der Waals surface area contributed by atoms with Crippen LogP contribution < -0.4 is 10.2 Å². The van der Waals surface area contributed by atoms with Crippen LogP contribution in [0.1, 0.15) is 88.2 Å². The molecule has 0 bridgehead atoms. The van der Waals surface area contributed by atoms with Crippen LogP contribution in [-0.2, 0) is 13.7 Å². The molecule has 1 saturated carbocycles. The Morgan fingerprint density at radius 2 is 1.86 bits per heavy atom. The number of benzene rings is 1. The summed E-state index contributed by atoms with van der Waals surface area (Å²) in [5.41, 5.74) is 1.10. The van der Waals surface area contributed by atoms with Gasteiger partial charge in [-0.2, -0.15) is 0 Å². The van der Waals surface area contributed by atoms with E-state index in [2.05, 4.69) is 29.8 Å². The highest BCUT2D eigenvalue weighted by Gasteiger charge is 2.33. The molecule has 0 radical (unpaired) electrons. The van der Waals surface area contributed by atoms with E-state index in [-0.39, 0.29) is 34.3 Å². The summed E-state index contributed by atoms with van der Waals surface area (Å²) in [4.78, 5) is 28.9. The third-order valence-corrected chi connectivity index (χ3v) is 7.22. The monoisotopic (exact) mass is 548 g/mol. The molecule has 1 amide bonds. The first-order valence-electron chi connectivity index (χ1n) is 12.8. The molecule has 1 aliphatic carbocycles. The number of nitrogens with zero attached hydrogens (tertiary/aromatic N) is 2. The molecule has 2 atom stereocenters. The van der Waals surface area contributed by atoms with Crippen LogP contribution in [0, 0.1) is 11.8 Å². The molecule has 194 valence electrons. The number of amides is 1. The van der Waals surface area contributed by atoms with Gasteiger partial charge in [-0.3, -0.25) is 9.59 Å². The molecule has 1 aromatic carbocycles. The highest BCUT2D eigenvalue weighted by atomic mass is 79.9. The second-order valence-corrected chi connectivity index (χ2v) is 9.88. The maximum absolute atomic E-state index is 13.7. The van der Waals surface area contributed by atoms with Crippen LogP contribution in [0.4, 0.5) is 0 Å². The van der Waals surface area contributed by atoms with Crippen LogP contribution in [0.2, 0.25) is 0 Å². The molecule has 3 rings (SSSR count). The highest BCUT2D eigenvalue weighted by molar-refractivity contribution is 9.10. The van der Waals surface area contributed by atoms with E-state index in [1.807, 2.05) is 51.1 Å². The Morgan fingerprint density at radius 3 is 2.40 bits per heavy atom. The number of aromatic nitrogens is 1. The van der Waals surface area contributed by atoms with Crippen molar-refractivity contribution in [1.82, 2.24) is 9.47 Å². The zero-order chi connectivity index (χ0) is 26.1. The summed E-state index contributed by atoms with van der Waals surface area (Å²) in [6.07, 6.45) is 2.79. The lowest BCUT2D eigenvalue weighted by Gasteiger charge is -2.27. The number of aliphatic hydroxyl groups is 1. The van der Waals surface area contributed by atoms with Gasteiger partial charge < -0.3 is 19.3 Å². The van der Waals surface area contributed by atoms with E-state index in [0.717, 1.165) is 24.8 Å². The van der Waals surface area contributed by atoms with Crippen LogP contribution >= 0.6 is 15.9 Å². The SMILES string of the molecule is CC.CCC(C)CC(O)c1c(Br)c(=O)c(OCc2ccccc2)c(C(=O)N(CC)CC2CC2)n1C. The number of carbonyl (C=O) groups excluding carboxylic acids is 1. The van der Waals surface area contributed by atoms with Crippen molar-refractivity contribution in [3.05, 3.63) is 62.0 Å². The molecule has 0 aliphatic heterocycles. The van der Waals surface area contributed by atoms with E-state index in [1.54, 1.807) is 16.5 Å². The van der Waals surface area contributed by atoms with Crippen molar-refractivity contribution in [2.24, 2.45) is 18.9 Å². The van der Waals surface area contributed by atoms with E-state index in [9.17, 15) is 14.7 Å². The van der Waals surface area contributed by atoms with Crippen molar-refractivity contribution in [3.8, 4) is 5.75 Å². The summed E-state index contributed by atoms with van der Waals surface area (Å²) in [7, 11) is 1.73. The van der Waals surface area contributed by atoms with Gasteiger partial charge in [0.2, 0.25) is 5.43 Å². The van der Waals surface area contributed by atoms with Gasteiger partial charge in [-0.1, -0.05) is 64.4 Å². The molecular weight excluding hydrogens is 508 g/mol. The minimum absolute atomic E-state index is 0.0203. The second kappa shape index (κ2) is 13.8. The normalized spacial score (nSPS) is 14.5. The molecule has 2 aromatic rings. The van der Waals surface area contributed by atoms with Crippen molar-refractivity contribution in [1.29, 1.82) is 0 Å². The molecule has 6 nitrogen and oxygen atoms in total. The number of halogens is 1. The van der Waals surface area contributed by atoms with Crippen LogP contribution in [0.5, 0.6) is 5.75 Å². The van der Waals surface area contributed by atoms with Gasteiger partial charge in [0.25, 0.3) is 5.91 Å². The molecule has 0 spiro atoms. The Hall–Kier alpha value is -2.12. The molecule has 35 heavy (non-hydrogen) atoms. The molecular formula is C28H41BrN2O4. The lowest BCUT2D eigenvalue weighted by Crippen LogP contribution is -2.37. The van der Waals surface area contributed by atoms with Crippen LogP contribution in [-0.4, -0.2) is 33.6 Å². The maximum atomic E-state index is 13.7. The topological polar surface area (TPSA) is 71.8 Å². The number of hydrogen-bond acceptors (Lipinski definition) is 4. The average molecular weight is 550 g/mol. The fourth-order valence-corrected chi connectivity index (χ4v) is 4.70. The molecule has 1 aromatic heterocycles. The number of pyridine rings is 1. The zero-order valence-electron chi connectivity index (χ0n) is 22.0. The molecule has 1 heterocycles. The van der Waals surface area contributed by atoms with Crippen molar-refractivity contribution in [3.63, 3.8) is 0 Å². The predicted octanol–water partition coefficient (Wildman–Crippen LogP) is 6.09. The van der Waals surface area contributed by atoms with E-state index in [1.165, 1.54) is 0 Å². The molecule has 0 saturated heterocycles. The van der Waals surface area contributed by atoms with Gasteiger partial charge in [-0.05, 0) is 59.5 Å². The van der Waals surface area contributed by atoms with E-state index in [0.29, 0.717) is 31.1 Å². The van der Waals surface area contributed by atoms with Crippen molar-refractivity contribution >= 4 is 21.8 Å². The smallest absolute Gasteiger partial charge is 0.274 e. The third-order valence-electron chi connectivity index (χ3n) is 6.45. The average Bonchev–Trinajstić information content (AvgIpc) is 3.69. The van der Waals surface area contributed by atoms with Gasteiger partial charge in [-0.25, -0.2) is 0 Å². The van der Waals surface area contributed by atoms with E-state index < -0.39 is 11.5 Å². The predicted molar refractivity (Wildman–Crippen MR) is 145 cm³/mol. The van der Waals surface area contributed by atoms with Gasteiger partial charge in [0, 0.05) is 20.1 Å². The number of ether oxygens (including phenoxy) is 1. The van der Waals surface area contributed by atoms with Crippen LogP contribution in [0.25, 0.3) is 0 Å². The zero-order valence-corrected chi connectivity index (χ0v) is 23.6. The fraction of sp³-hybridized carbons (Fsp3) is 0.571. The lowest BCUT2D eigenvalue weighted by molar-refractivity contribution is 0.0736. The number of aliphatic hydroxyl groups excluding tert-OH is 1. The molecule has 2 unspecified atom stereocenters. The summed E-state index contributed by atoms with van der Waals surface area (Å²) in [5, 5.41) is 11.0. The first-order chi connectivity index (χ1) is 16.8. The van der Waals surface area contributed by atoms with Gasteiger partial charge in [-0.15, -0.1) is 0 Å². The summed E-state index contributed by atoms with van der Waals surface area (Å²) in [6.45, 7) is 11.5. The Balaban J connectivity index is 0.00000210. The van der Waals surface area contributed by atoms with Crippen LogP contribution in [0.15, 0.2) is 39.6 Å². The maximum Gasteiger partial charge on any atom is 0.274 e. The molecule has 1 fully saturated rings. The number of carbonyl (C=O) groups is 1. The minimum atomic E-state index is -0.875. The third kappa shape index (κ3) is 7.43. The van der Waals surface area contributed by atoms with Gasteiger partial charge in [0.1, 0.15) is 6.61 Å². The lowest BCUT2D eigenvalue weighted by atomic mass is 9.98. The Kier molecular flexibility index (Phi) is 11.5. The van der Waals surface area contributed by atoms with Crippen LogP contribution in [0.3, 0.4) is 0 Å². The van der Waals surface area contributed by atoms with Crippen molar-refractivity contribution in [2.75, 3.05) is 13.1 Å². The first kappa shape index (κ1) is 29.1. The van der Waals surface area contributed by atoms with Gasteiger partial charge in [0.05, 0.1) is 16.3 Å². The van der Waals surface area contributed by atoms with E-state index in [4.69, 9.17) is 4.74 Å². The van der Waals surface area contributed by atoms with Crippen molar-refractivity contribution in [2.45, 2.75) is 73.0 Å². The minimum Gasteiger partial charge on any atom is -0.483 e. The Morgan fingerprint density at radius 1 is 1.23 bits per heavy atom. The largest absolute Gasteiger partial charge is 0.483 e. The first-order valence-corrected chi connectivity index (χ1v) is 13.6. The van der Waals surface area contributed by atoms with Gasteiger partial charge in [0.15, 0.2) is 11.4 Å². The standard InChI is InChI=1S/C26H35BrN2O4.C2H6/c1-5-17(3)14-20(30)22-21(27)24(31)25(33-16-19-10-8-7-9-11-19)23(28(22)4)26(32)29(6-2)15-18-12-13-18;1-2/h7-11,17-18,20,30H,5-6,12-16H2,1-4H3;1-2H3.